The van der Waals surface area contributed by atoms with Crippen molar-refractivity contribution in [1.82, 2.24) is 24.9 Å². The summed E-state index contributed by atoms with van der Waals surface area (Å²) in [5.41, 5.74) is 14.9. The first-order valence-corrected chi connectivity index (χ1v) is 10.8. The van der Waals surface area contributed by atoms with Gasteiger partial charge in [-0.25, -0.2) is 0 Å². The van der Waals surface area contributed by atoms with Crippen LogP contribution in [0.1, 0.15) is 17.3 Å². The molecule has 3 aromatic rings. The first-order valence-electron chi connectivity index (χ1n) is 9.38. The van der Waals surface area contributed by atoms with Gasteiger partial charge in [-0.2, -0.15) is 23.6 Å². The van der Waals surface area contributed by atoms with Gasteiger partial charge in [0.05, 0.1) is 30.0 Å². The van der Waals surface area contributed by atoms with Crippen LogP contribution in [0.2, 0.25) is 0 Å². The number of nitrogens with zero attached hydrogens (tertiary/aromatic N) is 6. The van der Waals surface area contributed by atoms with Gasteiger partial charge in [-0.3, -0.25) is 14.1 Å². The molecule has 12 heteroatoms. The van der Waals surface area contributed by atoms with Crippen LogP contribution in [0.3, 0.4) is 0 Å². The molecule has 11 nitrogen and oxygen atoms in total. The van der Waals surface area contributed by atoms with E-state index in [1.54, 1.807) is 30.4 Å². The Morgan fingerprint density at radius 2 is 2.03 bits per heavy atom. The number of aliphatic imine (C=N–C) groups is 1. The minimum atomic E-state index is -3.88. The van der Waals surface area contributed by atoms with Crippen molar-refractivity contribution in [2.75, 3.05) is 10.8 Å². The molecular weight excluding hydrogens is 406 g/mol. The number of sulfonamides is 1. The fraction of sp³-hybridized carbons (Fsp3) is 0.278. The Balaban J connectivity index is 1.57. The number of aromatic nitrogens is 4. The molecule has 2 unspecified atom stereocenters. The van der Waals surface area contributed by atoms with Crippen LogP contribution in [0, 0.1) is 0 Å². The number of aromatic amines is 1. The van der Waals surface area contributed by atoms with Gasteiger partial charge in [-0.05, 0) is 24.1 Å². The highest BCUT2D eigenvalue weighted by atomic mass is 32.2. The molecule has 156 valence electrons. The standard InChI is InChI=1S/C18H21N9O2S/c1-25-7-6-15(24-25)30(28,29)26-10-12(8-11-4-2-3-5-14(11)26)27-16(19)13-9-21-23-17(13)22-18(27)20/h2-7,9,12,16H,8,10,19H2,1H3,(H3,20,21,22,23). The lowest BCUT2D eigenvalue weighted by Gasteiger charge is -2.44. The molecule has 0 aliphatic carbocycles. The molecule has 0 spiro atoms. The molecule has 0 saturated carbocycles. The molecule has 0 fully saturated rings. The Labute approximate surface area is 173 Å². The second kappa shape index (κ2) is 6.57. The van der Waals surface area contributed by atoms with E-state index in [4.69, 9.17) is 11.5 Å². The average Bonchev–Trinajstić information content (AvgIpc) is 3.36. The highest BCUT2D eigenvalue weighted by Crippen LogP contribution is 2.37. The van der Waals surface area contributed by atoms with Gasteiger partial charge < -0.3 is 16.4 Å². The van der Waals surface area contributed by atoms with Crippen molar-refractivity contribution < 1.29 is 8.42 Å². The molecule has 0 radical (unpaired) electrons. The molecule has 30 heavy (non-hydrogen) atoms. The van der Waals surface area contributed by atoms with Gasteiger partial charge in [-0.15, -0.1) is 0 Å². The first-order chi connectivity index (χ1) is 14.4. The number of hydrogen-bond acceptors (Lipinski definition) is 8. The Bertz CT molecular complexity index is 1250. The first kappa shape index (κ1) is 18.6. The Kier molecular flexibility index (Phi) is 4.08. The zero-order chi connectivity index (χ0) is 21.0. The topological polar surface area (TPSA) is 152 Å². The fourth-order valence-electron chi connectivity index (χ4n) is 4.07. The molecule has 5 rings (SSSR count). The van der Waals surface area contributed by atoms with E-state index in [9.17, 15) is 8.42 Å². The number of benzene rings is 1. The van der Waals surface area contributed by atoms with Crippen LogP contribution in [0.15, 0.2) is 52.7 Å². The highest BCUT2D eigenvalue weighted by Gasteiger charge is 2.40. The third-order valence-electron chi connectivity index (χ3n) is 5.49. The Morgan fingerprint density at radius 3 is 2.80 bits per heavy atom. The molecule has 2 aliphatic heterocycles. The monoisotopic (exact) mass is 427 g/mol. The van der Waals surface area contributed by atoms with Crippen molar-refractivity contribution in [1.29, 1.82) is 0 Å². The van der Waals surface area contributed by atoms with Gasteiger partial charge in [0, 0.05) is 13.2 Å². The normalized spacial score (nSPS) is 21.2. The van der Waals surface area contributed by atoms with Crippen LogP contribution in [-0.4, -0.2) is 51.8 Å². The number of nitrogens with two attached hydrogens (primary N) is 2. The summed E-state index contributed by atoms with van der Waals surface area (Å²) in [5, 5.41) is 10.9. The van der Waals surface area contributed by atoms with Gasteiger partial charge in [0.2, 0.25) is 0 Å². The largest absolute Gasteiger partial charge is 0.369 e. The van der Waals surface area contributed by atoms with E-state index in [0.29, 0.717) is 23.5 Å². The smallest absolute Gasteiger partial charge is 0.283 e. The number of aryl methyl sites for hydroxylation is 1. The third-order valence-corrected chi connectivity index (χ3v) is 7.16. The van der Waals surface area contributed by atoms with E-state index in [2.05, 4.69) is 20.3 Å². The molecule has 4 heterocycles. The average molecular weight is 427 g/mol. The van der Waals surface area contributed by atoms with Crippen molar-refractivity contribution in [2.24, 2.45) is 23.5 Å². The highest BCUT2D eigenvalue weighted by molar-refractivity contribution is 7.92. The van der Waals surface area contributed by atoms with E-state index in [-0.39, 0.29) is 23.6 Å². The molecule has 2 atom stereocenters. The Morgan fingerprint density at radius 1 is 1.23 bits per heavy atom. The van der Waals surface area contributed by atoms with Crippen LogP contribution in [0.5, 0.6) is 0 Å². The summed E-state index contributed by atoms with van der Waals surface area (Å²) in [5.74, 6) is 0.740. The summed E-state index contributed by atoms with van der Waals surface area (Å²) in [4.78, 5) is 6.11. The predicted octanol–water partition coefficient (Wildman–Crippen LogP) is 0.183. The molecule has 1 aromatic carbocycles. The van der Waals surface area contributed by atoms with Crippen LogP contribution in [0.25, 0.3) is 0 Å². The number of hydrogen-bond donors (Lipinski definition) is 3. The quantitative estimate of drug-likeness (QED) is 0.539. The summed E-state index contributed by atoms with van der Waals surface area (Å²) in [6, 6.07) is 8.58. The second-order valence-corrected chi connectivity index (χ2v) is 9.16. The number of fused-ring (bicyclic) bond motifs is 2. The molecule has 0 amide bonds. The van der Waals surface area contributed by atoms with Crippen molar-refractivity contribution in [3.05, 3.63) is 53.9 Å². The van der Waals surface area contributed by atoms with Gasteiger partial charge in [0.25, 0.3) is 10.0 Å². The number of guanidine groups is 1. The Hall–Kier alpha value is -3.38. The predicted molar refractivity (Wildman–Crippen MR) is 110 cm³/mol. The number of para-hydroxylation sites is 1. The van der Waals surface area contributed by atoms with E-state index >= 15 is 0 Å². The minimum absolute atomic E-state index is 0.0119. The van der Waals surface area contributed by atoms with Crippen LogP contribution < -0.4 is 15.8 Å². The second-order valence-electron chi connectivity index (χ2n) is 7.35. The molecular formula is C18H21N9O2S. The summed E-state index contributed by atoms with van der Waals surface area (Å²) < 4.78 is 29.7. The molecule has 5 N–H and O–H groups in total. The van der Waals surface area contributed by atoms with Crippen molar-refractivity contribution in [3.8, 4) is 0 Å². The zero-order valence-electron chi connectivity index (χ0n) is 16.2. The SMILES string of the molecule is Cn1ccc(S(=O)(=O)N2CC(N3C(N)=Nc4[nH]ncc4C3N)Cc3ccccc32)n1. The number of rotatable bonds is 3. The third kappa shape index (κ3) is 2.75. The summed E-state index contributed by atoms with van der Waals surface area (Å²) in [7, 11) is -2.20. The number of H-pyrrole nitrogens is 1. The van der Waals surface area contributed by atoms with Gasteiger partial charge in [-0.1, -0.05) is 18.2 Å². The molecule has 0 bridgehead atoms. The maximum Gasteiger partial charge on any atom is 0.283 e. The van der Waals surface area contributed by atoms with E-state index in [0.717, 1.165) is 5.56 Å². The lowest BCUT2D eigenvalue weighted by molar-refractivity contribution is 0.233. The van der Waals surface area contributed by atoms with Crippen molar-refractivity contribution >= 4 is 27.5 Å². The summed E-state index contributed by atoms with van der Waals surface area (Å²) in [6.45, 7) is 0.160. The van der Waals surface area contributed by atoms with E-state index in [1.165, 1.54) is 15.1 Å². The molecule has 2 aliphatic rings. The lowest BCUT2D eigenvalue weighted by Crippen LogP contribution is -2.57. The lowest BCUT2D eigenvalue weighted by atomic mass is 9.97. The van der Waals surface area contributed by atoms with E-state index < -0.39 is 16.2 Å². The molecule has 0 saturated heterocycles. The summed E-state index contributed by atoms with van der Waals surface area (Å²) in [6.07, 6.45) is 3.20. The van der Waals surface area contributed by atoms with E-state index in [1.807, 2.05) is 18.2 Å². The van der Waals surface area contributed by atoms with Gasteiger partial charge in [0.15, 0.2) is 16.8 Å². The number of nitrogens with one attached hydrogen (secondary N) is 1. The molecule has 2 aromatic heterocycles. The van der Waals surface area contributed by atoms with Crippen LogP contribution >= 0.6 is 0 Å². The zero-order valence-corrected chi connectivity index (χ0v) is 17.0. The van der Waals surface area contributed by atoms with Gasteiger partial charge >= 0.3 is 0 Å². The van der Waals surface area contributed by atoms with Crippen LogP contribution in [0.4, 0.5) is 11.5 Å². The van der Waals surface area contributed by atoms with Gasteiger partial charge in [0.1, 0.15) is 6.17 Å². The van der Waals surface area contributed by atoms with Crippen molar-refractivity contribution in [3.63, 3.8) is 0 Å². The van der Waals surface area contributed by atoms with Crippen molar-refractivity contribution in [2.45, 2.75) is 23.7 Å². The minimum Gasteiger partial charge on any atom is -0.369 e. The maximum atomic E-state index is 13.4. The summed E-state index contributed by atoms with van der Waals surface area (Å²) >= 11 is 0. The van der Waals surface area contributed by atoms with Crippen LogP contribution in [-0.2, 0) is 23.5 Å². The maximum absolute atomic E-state index is 13.4. The number of anilines is 1. The fourth-order valence-corrected chi connectivity index (χ4v) is 5.56.